The van der Waals surface area contributed by atoms with Crippen LogP contribution in [-0.4, -0.2) is 16.5 Å². The summed E-state index contributed by atoms with van der Waals surface area (Å²) < 4.78 is 3.27. The molecule has 4 nitrogen and oxygen atoms in total. The van der Waals surface area contributed by atoms with Gasteiger partial charge in [-0.15, -0.1) is 0 Å². The number of hydrogen-bond donors (Lipinski definition) is 1. The molecule has 3 aromatic rings. The van der Waals surface area contributed by atoms with Crippen LogP contribution in [0.4, 0.5) is 0 Å². The predicted octanol–water partition coefficient (Wildman–Crippen LogP) is 5.19. The van der Waals surface area contributed by atoms with E-state index in [9.17, 15) is 10.1 Å². The maximum absolute atomic E-state index is 12.4. The summed E-state index contributed by atoms with van der Waals surface area (Å²) in [4.78, 5) is 12.4. The fraction of sp³-hybridized carbons (Fsp3) is 0.217. The predicted molar refractivity (Wildman–Crippen MR) is 117 cm³/mol. The van der Waals surface area contributed by atoms with Gasteiger partial charge in [0.05, 0.1) is 0 Å². The first-order chi connectivity index (χ1) is 13.4. The van der Waals surface area contributed by atoms with Crippen molar-refractivity contribution in [3.8, 4) is 6.07 Å². The van der Waals surface area contributed by atoms with Crippen molar-refractivity contribution in [2.45, 2.75) is 33.4 Å². The summed E-state index contributed by atoms with van der Waals surface area (Å²) in [6.45, 7) is 6.50. The molecule has 0 unspecified atom stereocenters. The van der Waals surface area contributed by atoms with E-state index in [2.05, 4.69) is 44.0 Å². The van der Waals surface area contributed by atoms with Crippen LogP contribution in [0.3, 0.4) is 0 Å². The summed E-state index contributed by atoms with van der Waals surface area (Å²) >= 11 is 3.47. The van der Waals surface area contributed by atoms with E-state index in [1.807, 2.05) is 57.2 Å². The van der Waals surface area contributed by atoms with Crippen LogP contribution in [0.2, 0.25) is 0 Å². The van der Waals surface area contributed by atoms with Crippen molar-refractivity contribution in [2.24, 2.45) is 0 Å². The molecule has 0 radical (unpaired) electrons. The van der Waals surface area contributed by atoms with E-state index in [4.69, 9.17) is 0 Å². The van der Waals surface area contributed by atoms with Crippen molar-refractivity contribution < 1.29 is 4.79 Å². The van der Waals surface area contributed by atoms with Crippen LogP contribution in [0.1, 0.15) is 30.7 Å². The quantitative estimate of drug-likeness (QED) is 0.442. The number of fused-ring (bicyclic) bond motifs is 1. The second kappa shape index (κ2) is 8.45. The molecular formula is C23H22BrN3O. The number of aromatic nitrogens is 1. The Bertz CT molecular complexity index is 1090. The summed E-state index contributed by atoms with van der Waals surface area (Å²) in [5, 5.41) is 13.3. The van der Waals surface area contributed by atoms with E-state index in [-0.39, 0.29) is 17.5 Å². The number of nitrogens with zero attached hydrogens (tertiary/aromatic N) is 2. The lowest BCUT2D eigenvalue weighted by atomic mass is 10.1. The Morgan fingerprint density at radius 1 is 1.21 bits per heavy atom. The Morgan fingerprint density at radius 3 is 2.54 bits per heavy atom. The molecule has 0 aliphatic rings. The number of carbonyl (C=O) groups excluding carboxylic acids is 1. The number of hydrogen-bond acceptors (Lipinski definition) is 2. The number of nitriles is 1. The Hall–Kier alpha value is -2.84. The van der Waals surface area contributed by atoms with Gasteiger partial charge in [0.15, 0.2) is 0 Å². The molecule has 1 heterocycles. The standard InChI is InChI=1S/C23H22BrN3O/c1-15(2)26-23(28)18(13-25)12-21-16(3)27(22-7-5-4-6-20(21)22)14-17-8-10-19(24)11-9-17/h4-12,15H,14H2,1-3H3,(H,26,28)/b18-12-. The average Bonchev–Trinajstić information content (AvgIpc) is 2.92. The minimum Gasteiger partial charge on any atom is -0.349 e. The first kappa shape index (κ1) is 19.9. The molecule has 5 heteroatoms. The Balaban J connectivity index is 2.10. The average molecular weight is 436 g/mol. The molecular weight excluding hydrogens is 414 g/mol. The van der Waals surface area contributed by atoms with Crippen LogP contribution in [-0.2, 0) is 11.3 Å². The summed E-state index contributed by atoms with van der Waals surface area (Å²) in [6.07, 6.45) is 1.70. The molecule has 0 spiro atoms. The van der Waals surface area contributed by atoms with Gasteiger partial charge in [-0.25, -0.2) is 0 Å². The van der Waals surface area contributed by atoms with E-state index in [0.29, 0.717) is 6.54 Å². The molecule has 28 heavy (non-hydrogen) atoms. The molecule has 3 rings (SSSR count). The van der Waals surface area contributed by atoms with Crippen molar-refractivity contribution in [2.75, 3.05) is 0 Å². The van der Waals surface area contributed by atoms with Crippen molar-refractivity contribution in [3.05, 3.63) is 75.4 Å². The topological polar surface area (TPSA) is 57.8 Å². The van der Waals surface area contributed by atoms with Gasteiger partial charge in [0, 0.05) is 39.2 Å². The highest BCUT2D eigenvalue weighted by atomic mass is 79.9. The molecule has 0 saturated heterocycles. The lowest BCUT2D eigenvalue weighted by Gasteiger charge is -2.09. The normalized spacial score (nSPS) is 11.6. The number of halogens is 1. The van der Waals surface area contributed by atoms with Crippen LogP contribution >= 0.6 is 15.9 Å². The number of carbonyl (C=O) groups is 1. The summed E-state index contributed by atoms with van der Waals surface area (Å²) in [6, 6.07) is 18.3. The number of nitrogens with one attached hydrogen (secondary N) is 1. The highest BCUT2D eigenvalue weighted by Gasteiger charge is 2.16. The number of amides is 1. The van der Waals surface area contributed by atoms with Gasteiger partial charge in [-0.2, -0.15) is 5.26 Å². The third kappa shape index (κ3) is 4.18. The lowest BCUT2D eigenvalue weighted by molar-refractivity contribution is -0.117. The van der Waals surface area contributed by atoms with Crippen molar-refractivity contribution in [1.29, 1.82) is 5.26 Å². The second-order valence-electron chi connectivity index (χ2n) is 7.03. The van der Waals surface area contributed by atoms with Gasteiger partial charge < -0.3 is 9.88 Å². The fourth-order valence-electron chi connectivity index (χ4n) is 3.25. The third-order valence-corrected chi connectivity index (χ3v) is 5.14. The minimum atomic E-state index is -0.346. The maximum atomic E-state index is 12.4. The SMILES string of the molecule is Cc1c(/C=C(/C#N)C(=O)NC(C)C)c2ccccc2n1Cc1ccc(Br)cc1. The molecule has 2 aromatic carbocycles. The van der Waals surface area contributed by atoms with Gasteiger partial charge in [-0.1, -0.05) is 46.3 Å². The van der Waals surface area contributed by atoms with E-state index >= 15 is 0 Å². The van der Waals surface area contributed by atoms with Gasteiger partial charge in [-0.3, -0.25) is 4.79 Å². The van der Waals surface area contributed by atoms with E-state index < -0.39 is 0 Å². The van der Waals surface area contributed by atoms with Crippen LogP contribution < -0.4 is 5.32 Å². The molecule has 1 N–H and O–H groups in total. The van der Waals surface area contributed by atoms with Gasteiger partial charge >= 0.3 is 0 Å². The van der Waals surface area contributed by atoms with Gasteiger partial charge in [0.1, 0.15) is 11.6 Å². The van der Waals surface area contributed by atoms with E-state index in [1.54, 1.807) is 6.08 Å². The van der Waals surface area contributed by atoms with Crippen LogP contribution in [0, 0.1) is 18.3 Å². The molecule has 1 amide bonds. The molecule has 142 valence electrons. The van der Waals surface area contributed by atoms with Crippen LogP contribution in [0.25, 0.3) is 17.0 Å². The first-order valence-electron chi connectivity index (χ1n) is 9.15. The maximum Gasteiger partial charge on any atom is 0.262 e. The minimum absolute atomic E-state index is 0.0240. The zero-order valence-corrected chi connectivity index (χ0v) is 17.7. The molecule has 0 saturated carbocycles. The molecule has 1 aromatic heterocycles. The fourth-order valence-corrected chi connectivity index (χ4v) is 3.51. The molecule has 0 aliphatic heterocycles. The zero-order valence-electron chi connectivity index (χ0n) is 16.2. The summed E-state index contributed by atoms with van der Waals surface area (Å²) in [7, 11) is 0. The molecule has 0 fully saturated rings. The highest BCUT2D eigenvalue weighted by Crippen LogP contribution is 2.29. The third-order valence-electron chi connectivity index (χ3n) is 4.61. The largest absolute Gasteiger partial charge is 0.349 e. The Morgan fingerprint density at radius 2 is 1.89 bits per heavy atom. The Labute approximate surface area is 173 Å². The van der Waals surface area contributed by atoms with Gasteiger partial charge in [-0.05, 0) is 50.6 Å². The van der Waals surface area contributed by atoms with Gasteiger partial charge in [0.2, 0.25) is 0 Å². The molecule has 0 atom stereocenters. The monoisotopic (exact) mass is 435 g/mol. The van der Waals surface area contributed by atoms with Crippen LogP contribution in [0.15, 0.2) is 58.6 Å². The number of benzene rings is 2. The summed E-state index contributed by atoms with van der Waals surface area (Å²) in [5.74, 6) is -0.346. The summed E-state index contributed by atoms with van der Waals surface area (Å²) in [5.41, 5.74) is 4.30. The second-order valence-corrected chi connectivity index (χ2v) is 7.94. The number of rotatable bonds is 5. The van der Waals surface area contributed by atoms with Crippen molar-refractivity contribution in [3.63, 3.8) is 0 Å². The van der Waals surface area contributed by atoms with Crippen LogP contribution in [0.5, 0.6) is 0 Å². The Kier molecular flexibility index (Phi) is 6.01. The first-order valence-corrected chi connectivity index (χ1v) is 9.95. The van der Waals surface area contributed by atoms with E-state index in [0.717, 1.165) is 26.6 Å². The molecule has 0 aliphatic carbocycles. The van der Waals surface area contributed by atoms with Crippen molar-refractivity contribution >= 4 is 38.8 Å². The smallest absolute Gasteiger partial charge is 0.262 e. The van der Waals surface area contributed by atoms with Gasteiger partial charge in [0.25, 0.3) is 5.91 Å². The zero-order chi connectivity index (χ0) is 20.3. The van der Waals surface area contributed by atoms with E-state index in [1.165, 1.54) is 5.56 Å². The lowest BCUT2D eigenvalue weighted by Crippen LogP contribution is -2.30. The highest BCUT2D eigenvalue weighted by molar-refractivity contribution is 9.10. The molecule has 0 bridgehead atoms. The number of para-hydroxylation sites is 1. The van der Waals surface area contributed by atoms with Crippen molar-refractivity contribution in [1.82, 2.24) is 9.88 Å².